The summed E-state index contributed by atoms with van der Waals surface area (Å²) >= 11 is 13.4. The molecule has 7 heteroatoms. The van der Waals surface area contributed by atoms with Crippen LogP contribution in [0.5, 0.6) is 0 Å². The van der Waals surface area contributed by atoms with Gasteiger partial charge < -0.3 is 10.6 Å². The number of hydrogen-bond donors (Lipinski definition) is 2. The van der Waals surface area contributed by atoms with E-state index in [1.54, 1.807) is 30.3 Å². The Balaban J connectivity index is 1.53. The van der Waals surface area contributed by atoms with Gasteiger partial charge in [-0.1, -0.05) is 59.6 Å². The van der Waals surface area contributed by atoms with E-state index in [0.29, 0.717) is 21.4 Å². The van der Waals surface area contributed by atoms with Gasteiger partial charge in [-0.3, -0.25) is 9.59 Å². The van der Waals surface area contributed by atoms with Crippen molar-refractivity contribution in [1.82, 2.24) is 0 Å². The number of benzene rings is 3. The number of amides is 2. The number of hydrogen-bond acceptors (Lipinski definition) is 3. The lowest BCUT2D eigenvalue weighted by Gasteiger charge is -2.08. The highest BCUT2D eigenvalue weighted by Gasteiger charge is 2.08. The van der Waals surface area contributed by atoms with E-state index in [2.05, 4.69) is 10.6 Å². The Morgan fingerprint density at radius 1 is 0.900 bits per heavy atom. The van der Waals surface area contributed by atoms with Gasteiger partial charge in [-0.2, -0.15) is 0 Å². The van der Waals surface area contributed by atoms with Gasteiger partial charge in [0, 0.05) is 21.7 Å². The van der Waals surface area contributed by atoms with E-state index in [9.17, 15) is 9.59 Å². The predicted octanol–water partition coefficient (Wildman–Crippen LogP) is 6.38. The summed E-state index contributed by atoms with van der Waals surface area (Å²) in [5.41, 5.74) is 2.07. The summed E-state index contributed by atoms with van der Waals surface area (Å²) in [5, 5.41) is 6.48. The first-order chi connectivity index (χ1) is 14.5. The Kier molecular flexibility index (Phi) is 7.97. The van der Waals surface area contributed by atoms with Crippen LogP contribution in [0.4, 0.5) is 11.4 Å². The molecule has 0 heterocycles. The number of nitrogens with one attached hydrogen (secondary N) is 2. The van der Waals surface area contributed by atoms with Crippen LogP contribution in [0.15, 0.2) is 83.8 Å². The van der Waals surface area contributed by atoms with Crippen LogP contribution in [-0.4, -0.2) is 17.6 Å². The molecule has 152 valence electrons. The average Bonchev–Trinajstić information content (AvgIpc) is 2.74. The van der Waals surface area contributed by atoms with Gasteiger partial charge in [0.1, 0.15) is 0 Å². The molecule has 30 heavy (non-hydrogen) atoms. The normalized spacial score (nSPS) is 10.7. The fourth-order valence-corrected chi connectivity index (χ4v) is 3.60. The molecule has 0 saturated carbocycles. The summed E-state index contributed by atoms with van der Waals surface area (Å²) in [7, 11) is 0. The Morgan fingerprint density at radius 3 is 2.50 bits per heavy atom. The van der Waals surface area contributed by atoms with Crippen molar-refractivity contribution in [3.05, 3.63) is 94.5 Å². The van der Waals surface area contributed by atoms with Crippen LogP contribution in [0.1, 0.15) is 5.56 Å². The van der Waals surface area contributed by atoms with Gasteiger partial charge in [-0.25, -0.2) is 0 Å². The average molecular weight is 457 g/mol. The van der Waals surface area contributed by atoms with E-state index in [1.165, 1.54) is 17.8 Å². The van der Waals surface area contributed by atoms with Crippen molar-refractivity contribution in [2.24, 2.45) is 0 Å². The molecule has 0 saturated heterocycles. The van der Waals surface area contributed by atoms with Crippen molar-refractivity contribution in [3.8, 4) is 0 Å². The van der Waals surface area contributed by atoms with Crippen LogP contribution in [0, 0.1) is 0 Å². The third-order valence-corrected chi connectivity index (χ3v) is 5.46. The van der Waals surface area contributed by atoms with Gasteiger partial charge in [0.2, 0.25) is 11.8 Å². The summed E-state index contributed by atoms with van der Waals surface area (Å²) in [6, 6.07) is 21.8. The molecule has 3 rings (SSSR count). The van der Waals surface area contributed by atoms with Crippen molar-refractivity contribution in [2.75, 3.05) is 16.4 Å². The second kappa shape index (κ2) is 10.9. The molecule has 2 N–H and O–H groups in total. The second-order valence-electron chi connectivity index (χ2n) is 6.22. The van der Waals surface area contributed by atoms with Gasteiger partial charge in [-0.05, 0) is 48.0 Å². The lowest BCUT2D eigenvalue weighted by Crippen LogP contribution is -2.14. The molecule has 0 spiro atoms. The Labute approximate surface area is 189 Å². The molecule has 2 amide bonds. The maximum Gasteiger partial charge on any atom is 0.248 e. The van der Waals surface area contributed by atoms with E-state index < -0.39 is 0 Å². The zero-order valence-corrected chi connectivity index (χ0v) is 18.1. The monoisotopic (exact) mass is 456 g/mol. The SMILES string of the molecule is O=C(/C=C/c1ccccc1)Nc1cccc(SCC(=O)Nc2cc(Cl)ccc2Cl)c1. The summed E-state index contributed by atoms with van der Waals surface area (Å²) in [5.74, 6) is -0.243. The topological polar surface area (TPSA) is 58.2 Å². The summed E-state index contributed by atoms with van der Waals surface area (Å²) < 4.78 is 0. The number of anilines is 2. The fourth-order valence-electron chi connectivity index (χ4n) is 2.51. The number of carbonyl (C=O) groups excluding carboxylic acids is 2. The molecule has 4 nitrogen and oxygen atoms in total. The van der Waals surface area contributed by atoms with Gasteiger partial charge in [0.15, 0.2) is 0 Å². The van der Waals surface area contributed by atoms with Crippen LogP contribution < -0.4 is 10.6 Å². The third kappa shape index (κ3) is 6.95. The molecular weight excluding hydrogens is 439 g/mol. The van der Waals surface area contributed by atoms with E-state index in [-0.39, 0.29) is 17.6 Å². The zero-order valence-electron chi connectivity index (χ0n) is 15.8. The third-order valence-electron chi connectivity index (χ3n) is 3.90. The first kappa shape index (κ1) is 22.0. The molecule has 0 atom stereocenters. The summed E-state index contributed by atoms with van der Waals surface area (Å²) in [6.45, 7) is 0. The van der Waals surface area contributed by atoms with Crippen molar-refractivity contribution in [3.63, 3.8) is 0 Å². The van der Waals surface area contributed by atoms with E-state index in [4.69, 9.17) is 23.2 Å². The number of carbonyl (C=O) groups is 2. The van der Waals surface area contributed by atoms with Crippen molar-refractivity contribution in [2.45, 2.75) is 4.90 Å². The van der Waals surface area contributed by atoms with Crippen molar-refractivity contribution >= 4 is 64.2 Å². The van der Waals surface area contributed by atoms with Crippen LogP contribution in [0.25, 0.3) is 6.08 Å². The Bertz CT molecular complexity index is 1070. The smallest absolute Gasteiger partial charge is 0.248 e. The molecule has 3 aromatic carbocycles. The minimum Gasteiger partial charge on any atom is -0.324 e. The van der Waals surface area contributed by atoms with Crippen LogP contribution in [0.2, 0.25) is 10.0 Å². The number of halogens is 2. The van der Waals surface area contributed by atoms with Gasteiger partial charge >= 0.3 is 0 Å². The predicted molar refractivity (Wildman–Crippen MR) is 126 cm³/mol. The highest BCUT2D eigenvalue weighted by Crippen LogP contribution is 2.26. The van der Waals surface area contributed by atoms with Gasteiger partial charge in [0.05, 0.1) is 16.5 Å². The van der Waals surface area contributed by atoms with Crippen LogP contribution in [0.3, 0.4) is 0 Å². The van der Waals surface area contributed by atoms with E-state index in [0.717, 1.165) is 10.5 Å². The van der Waals surface area contributed by atoms with Gasteiger partial charge in [0.25, 0.3) is 0 Å². The molecule has 0 aromatic heterocycles. The minimum atomic E-state index is -0.227. The highest BCUT2D eigenvalue weighted by atomic mass is 35.5. The minimum absolute atomic E-state index is 0.189. The van der Waals surface area contributed by atoms with Crippen molar-refractivity contribution < 1.29 is 9.59 Å². The highest BCUT2D eigenvalue weighted by molar-refractivity contribution is 8.00. The summed E-state index contributed by atoms with van der Waals surface area (Å²) in [4.78, 5) is 25.2. The first-order valence-electron chi connectivity index (χ1n) is 9.01. The quantitative estimate of drug-likeness (QED) is 0.320. The fraction of sp³-hybridized carbons (Fsp3) is 0.0435. The molecule has 0 aliphatic carbocycles. The molecule has 0 aliphatic rings. The van der Waals surface area contributed by atoms with Gasteiger partial charge in [-0.15, -0.1) is 11.8 Å². The van der Waals surface area contributed by atoms with Crippen molar-refractivity contribution in [1.29, 1.82) is 0 Å². The summed E-state index contributed by atoms with van der Waals surface area (Å²) in [6.07, 6.45) is 3.23. The molecule has 0 unspecified atom stereocenters. The molecule has 0 fully saturated rings. The molecule has 3 aromatic rings. The molecule has 0 aliphatic heterocycles. The second-order valence-corrected chi connectivity index (χ2v) is 8.11. The first-order valence-corrected chi connectivity index (χ1v) is 10.8. The largest absolute Gasteiger partial charge is 0.324 e. The zero-order chi connectivity index (χ0) is 21.3. The number of thioether (sulfide) groups is 1. The molecule has 0 bridgehead atoms. The number of rotatable bonds is 7. The standard InChI is InChI=1S/C23H18Cl2N2O2S/c24-17-10-11-20(25)21(13-17)27-23(29)15-30-19-8-4-7-18(14-19)26-22(28)12-9-16-5-2-1-3-6-16/h1-14H,15H2,(H,26,28)(H,27,29)/b12-9+. The Hall–Kier alpha value is -2.73. The van der Waals surface area contributed by atoms with Crippen LogP contribution in [-0.2, 0) is 9.59 Å². The van der Waals surface area contributed by atoms with E-state index in [1.807, 2.05) is 48.5 Å². The Morgan fingerprint density at radius 2 is 1.70 bits per heavy atom. The maximum atomic E-state index is 12.2. The molecular formula is C23H18Cl2N2O2S. The molecule has 0 radical (unpaired) electrons. The lowest BCUT2D eigenvalue weighted by molar-refractivity contribution is -0.114. The lowest BCUT2D eigenvalue weighted by atomic mass is 10.2. The maximum absolute atomic E-state index is 12.2. The van der Waals surface area contributed by atoms with Crippen LogP contribution >= 0.6 is 35.0 Å². The van der Waals surface area contributed by atoms with E-state index >= 15 is 0 Å².